The third kappa shape index (κ3) is 11.6. The number of hydrogen-bond donors (Lipinski definition) is 0. The van der Waals surface area contributed by atoms with Gasteiger partial charge in [0.05, 0.1) is 0 Å². The predicted octanol–water partition coefficient (Wildman–Crippen LogP) is 5.12. The quantitative estimate of drug-likeness (QED) is 0.430. The smallest absolute Gasteiger partial charge is 0.0882 e. The zero-order chi connectivity index (χ0) is 11.3. The second-order valence-corrected chi connectivity index (χ2v) is 3.92. The van der Waals surface area contributed by atoms with Crippen molar-refractivity contribution in [3.63, 3.8) is 0 Å². The SMILES string of the molecule is C1=C\C=C/CC\C=C/1.C1=C\CC/C=C\CC/1.[Ru+2]. The molecule has 0 saturated heterocycles. The van der Waals surface area contributed by atoms with Crippen LogP contribution in [-0.2, 0) is 19.5 Å². The molecule has 0 bridgehead atoms. The molecule has 0 saturated carbocycles. The molecule has 0 atom stereocenters. The third-order valence-electron chi connectivity index (χ3n) is 2.44. The van der Waals surface area contributed by atoms with Gasteiger partial charge in [0.15, 0.2) is 0 Å². The average Bonchev–Trinajstić information content (AvgIpc) is 2.15. The normalized spacial score (nSPS) is 27.3. The van der Waals surface area contributed by atoms with Gasteiger partial charge in [-0.1, -0.05) is 60.8 Å². The van der Waals surface area contributed by atoms with Crippen LogP contribution >= 0.6 is 0 Å². The van der Waals surface area contributed by atoms with Crippen LogP contribution in [0.5, 0.6) is 0 Å². The summed E-state index contributed by atoms with van der Waals surface area (Å²) >= 11 is 0. The molecule has 2 aliphatic rings. The summed E-state index contributed by atoms with van der Waals surface area (Å²) in [5.41, 5.74) is 0. The Kier molecular flexibility index (Phi) is 12.9. The van der Waals surface area contributed by atoms with Crippen LogP contribution in [0.15, 0.2) is 60.8 Å². The Morgan fingerprint density at radius 3 is 1.00 bits per heavy atom. The zero-order valence-corrected chi connectivity index (χ0v) is 12.1. The number of allylic oxidation sites excluding steroid dienone is 10. The molecule has 0 amide bonds. The molecular weight excluding hydrogens is 293 g/mol. The van der Waals surface area contributed by atoms with E-state index in [1.807, 2.05) is 0 Å². The Morgan fingerprint density at radius 2 is 0.647 bits per heavy atom. The van der Waals surface area contributed by atoms with Gasteiger partial charge in [0.1, 0.15) is 0 Å². The number of rotatable bonds is 0. The van der Waals surface area contributed by atoms with Crippen molar-refractivity contribution in [2.45, 2.75) is 38.5 Å². The Balaban J connectivity index is 0.000000284. The fraction of sp³-hybridized carbons (Fsp3) is 0.375. The second-order valence-electron chi connectivity index (χ2n) is 3.92. The molecule has 17 heavy (non-hydrogen) atoms. The summed E-state index contributed by atoms with van der Waals surface area (Å²) in [7, 11) is 0. The molecule has 2 rings (SSSR count). The van der Waals surface area contributed by atoms with Crippen LogP contribution in [-0.4, -0.2) is 0 Å². The maximum atomic E-state index is 2.27. The van der Waals surface area contributed by atoms with Crippen LogP contribution in [0.2, 0.25) is 0 Å². The van der Waals surface area contributed by atoms with Crippen LogP contribution in [0.4, 0.5) is 0 Å². The fourth-order valence-corrected chi connectivity index (χ4v) is 1.53. The molecule has 0 nitrogen and oxygen atoms in total. The predicted molar refractivity (Wildman–Crippen MR) is 73.4 cm³/mol. The first-order chi connectivity index (χ1) is 8.00. The van der Waals surface area contributed by atoms with Crippen LogP contribution in [0.3, 0.4) is 0 Å². The molecule has 1 heteroatoms. The molecule has 92 valence electrons. The van der Waals surface area contributed by atoms with E-state index in [1.54, 1.807) is 0 Å². The largest absolute Gasteiger partial charge is 2.00 e. The van der Waals surface area contributed by atoms with Crippen molar-refractivity contribution in [2.24, 2.45) is 0 Å². The number of hydrogen-bond acceptors (Lipinski definition) is 0. The summed E-state index contributed by atoms with van der Waals surface area (Å²) in [6.45, 7) is 0. The van der Waals surface area contributed by atoms with Crippen LogP contribution in [0.1, 0.15) is 38.5 Å². The van der Waals surface area contributed by atoms with Gasteiger partial charge in [0.25, 0.3) is 0 Å². The fourth-order valence-electron chi connectivity index (χ4n) is 1.53. The summed E-state index contributed by atoms with van der Waals surface area (Å²) in [6.07, 6.45) is 29.0. The van der Waals surface area contributed by atoms with Crippen molar-refractivity contribution in [2.75, 3.05) is 0 Å². The zero-order valence-electron chi connectivity index (χ0n) is 10.4. The van der Waals surface area contributed by atoms with Crippen LogP contribution in [0, 0.1) is 0 Å². The molecule has 0 unspecified atom stereocenters. The van der Waals surface area contributed by atoms with E-state index in [0.29, 0.717) is 0 Å². The summed E-state index contributed by atoms with van der Waals surface area (Å²) in [5, 5.41) is 0. The van der Waals surface area contributed by atoms with Crippen molar-refractivity contribution in [3.8, 4) is 0 Å². The van der Waals surface area contributed by atoms with Crippen molar-refractivity contribution in [1.29, 1.82) is 0 Å². The molecule has 0 aromatic rings. The topological polar surface area (TPSA) is 0 Å². The first-order valence-corrected chi connectivity index (χ1v) is 6.28. The monoisotopic (exact) mass is 316 g/mol. The first kappa shape index (κ1) is 16.3. The van der Waals surface area contributed by atoms with E-state index in [0.717, 1.165) is 0 Å². The van der Waals surface area contributed by atoms with Gasteiger partial charge in [0.2, 0.25) is 0 Å². The molecule has 0 radical (unpaired) electrons. The summed E-state index contributed by atoms with van der Waals surface area (Å²) in [5.74, 6) is 0. The van der Waals surface area contributed by atoms with Gasteiger partial charge >= 0.3 is 19.5 Å². The molecule has 0 fully saturated rings. The van der Waals surface area contributed by atoms with Gasteiger partial charge in [-0.2, -0.15) is 0 Å². The standard InChI is InChI=1S/C8H12.C8H10.Ru/c2*1-2-4-6-8-7-5-3-1;/h1-2,7-8H,3-6H2;1-6H,7-8H2;/q;;+2/b2-1-,8-7-;2-1-,5-3-,6-4-;. The van der Waals surface area contributed by atoms with Gasteiger partial charge in [-0.25, -0.2) is 0 Å². The molecule has 0 spiro atoms. The Bertz CT molecular complexity index is 251. The van der Waals surface area contributed by atoms with Crippen molar-refractivity contribution in [1.82, 2.24) is 0 Å². The minimum Gasteiger partial charge on any atom is -0.0882 e. The van der Waals surface area contributed by atoms with Crippen molar-refractivity contribution >= 4 is 0 Å². The Hall–Kier alpha value is -0.677. The third-order valence-corrected chi connectivity index (χ3v) is 2.44. The van der Waals surface area contributed by atoms with Crippen LogP contribution < -0.4 is 0 Å². The van der Waals surface area contributed by atoms with Gasteiger partial charge in [-0.3, -0.25) is 0 Å². The molecular formula is C16H22Ru+2. The first-order valence-electron chi connectivity index (χ1n) is 6.28. The van der Waals surface area contributed by atoms with Gasteiger partial charge in [-0.15, -0.1) is 0 Å². The van der Waals surface area contributed by atoms with Crippen molar-refractivity contribution < 1.29 is 19.5 Å². The molecule has 0 aliphatic heterocycles. The Labute approximate surface area is 119 Å². The van der Waals surface area contributed by atoms with Crippen LogP contribution in [0.25, 0.3) is 0 Å². The molecule has 2 aliphatic carbocycles. The second kappa shape index (κ2) is 13.4. The van der Waals surface area contributed by atoms with E-state index in [-0.39, 0.29) is 19.5 Å². The summed E-state index contributed by atoms with van der Waals surface area (Å²) in [4.78, 5) is 0. The van der Waals surface area contributed by atoms with Crippen molar-refractivity contribution in [3.05, 3.63) is 60.8 Å². The molecule has 0 aromatic heterocycles. The molecule has 0 N–H and O–H groups in total. The minimum absolute atomic E-state index is 0. The minimum atomic E-state index is 0. The van der Waals surface area contributed by atoms with Gasteiger partial charge < -0.3 is 0 Å². The van der Waals surface area contributed by atoms with E-state index in [9.17, 15) is 0 Å². The van der Waals surface area contributed by atoms with E-state index in [2.05, 4.69) is 60.8 Å². The van der Waals surface area contributed by atoms with E-state index in [4.69, 9.17) is 0 Å². The summed E-state index contributed by atoms with van der Waals surface area (Å²) < 4.78 is 0. The maximum Gasteiger partial charge on any atom is 2.00 e. The van der Waals surface area contributed by atoms with Gasteiger partial charge in [0, 0.05) is 0 Å². The summed E-state index contributed by atoms with van der Waals surface area (Å²) in [6, 6.07) is 0. The van der Waals surface area contributed by atoms with E-state index in [1.165, 1.54) is 38.5 Å². The van der Waals surface area contributed by atoms with E-state index < -0.39 is 0 Å². The molecule has 0 aromatic carbocycles. The molecule has 0 heterocycles. The van der Waals surface area contributed by atoms with E-state index >= 15 is 0 Å². The maximum absolute atomic E-state index is 2.27. The Morgan fingerprint density at radius 1 is 0.353 bits per heavy atom. The average molecular weight is 315 g/mol. The van der Waals surface area contributed by atoms with Gasteiger partial charge in [-0.05, 0) is 38.5 Å².